The molecule has 0 aromatic carbocycles. The van der Waals surface area contributed by atoms with Gasteiger partial charge in [-0.3, -0.25) is 0 Å². The molecule has 0 heterocycles. The third-order valence-electron chi connectivity index (χ3n) is 2.96. The Bertz CT molecular complexity index is 157. The summed E-state index contributed by atoms with van der Waals surface area (Å²) in [7, 11) is -1.87. The minimum absolute atomic E-state index is 0.893. The van der Waals surface area contributed by atoms with E-state index < -0.39 is 8.56 Å². The van der Waals surface area contributed by atoms with Crippen LogP contribution < -0.4 is 0 Å². The maximum absolute atomic E-state index is 6.18. The minimum Gasteiger partial charge on any atom is -0.394 e. The molecule has 0 aromatic heterocycles. The minimum atomic E-state index is -1.87. The van der Waals surface area contributed by atoms with E-state index in [1.807, 2.05) is 0 Å². The van der Waals surface area contributed by atoms with Crippen LogP contribution in [0.4, 0.5) is 0 Å². The predicted octanol–water partition coefficient (Wildman–Crippen LogP) is 4.91. The predicted molar refractivity (Wildman–Crippen MR) is 86.3 cm³/mol. The fourth-order valence-corrected chi connectivity index (χ4v) is 5.69. The molecule has 2 nitrogen and oxygen atoms in total. The quantitative estimate of drug-likeness (QED) is 0.210. The molecule has 0 radical (unpaired) electrons. The van der Waals surface area contributed by atoms with E-state index in [1.165, 1.54) is 29.7 Å². The molecule has 0 rings (SSSR count). The zero-order valence-electron chi connectivity index (χ0n) is 11.8. The fourth-order valence-electron chi connectivity index (χ4n) is 1.71. The van der Waals surface area contributed by atoms with Gasteiger partial charge in [-0.25, -0.2) is 0 Å². The molecule has 0 spiro atoms. The van der Waals surface area contributed by atoms with Gasteiger partial charge >= 0.3 is 8.56 Å². The zero-order chi connectivity index (χ0) is 13.0. The van der Waals surface area contributed by atoms with Crippen LogP contribution in [0.5, 0.6) is 0 Å². The van der Waals surface area contributed by atoms with Gasteiger partial charge in [-0.15, -0.1) is 0 Å². The lowest BCUT2D eigenvalue weighted by Crippen LogP contribution is -2.42. The summed E-state index contributed by atoms with van der Waals surface area (Å²) in [6, 6.07) is 2.26. The Balaban J connectivity index is 4.17. The molecule has 0 N–H and O–H groups in total. The standard InChI is InChI=1S/C13H29IO2Si/c1-4-7-11-15-17(6-3,13-9-10-14)16-12-8-5-2/h4-13H2,1-3H3. The van der Waals surface area contributed by atoms with E-state index in [-0.39, 0.29) is 0 Å². The first-order valence-electron chi connectivity index (χ1n) is 7.08. The Labute approximate surface area is 122 Å². The van der Waals surface area contributed by atoms with E-state index in [9.17, 15) is 0 Å². The molecule has 0 aliphatic heterocycles. The van der Waals surface area contributed by atoms with Gasteiger partial charge in [0.15, 0.2) is 0 Å². The van der Waals surface area contributed by atoms with E-state index in [1.54, 1.807) is 0 Å². The number of rotatable bonds is 12. The lowest BCUT2D eigenvalue weighted by Gasteiger charge is -2.30. The Morgan fingerprint density at radius 1 is 0.882 bits per heavy atom. The van der Waals surface area contributed by atoms with Gasteiger partial charge in [0.2, 0.25) is 0 Å². The van der Waals surface area contributed by atoms with Crippen LogP contribution >= 0.6 is 22.6 Å². The van der Waals surface area contributed by atoms with Crippen LogP contribution in [0.1, 0.15) is 52.9 Å². The van der Waals surface area contributed by atoms with Crippen molar-refractivity contribution in [3.8, 4) is 0 Å². The lowest BCUT2D eigenvalue weighted by atomic mass is 10.4. The molecule has 0 atom stereocenters. The van der Waals surface area contributed by atoms with Gasteiger partial charge in [0.05, 0.1) is 0 Å². The molecule has 0 bridgehead atoms. The van der Waals surface area contributed by atoms with Gasteiger partial charge in [0.1, 0.15) is 0 Å². The number of halogens is 1. The molecule has 0 saturated carbocycles. The van der Waals surface area contributed by atoms with Crippen LogP contribution in [0.3, 0.4) is 0 Å². The highest BCUT2D eigenvalue weighted by molar-refractivity contribution is 14.1. The summed E-state index contributed by atoms with van der Waals surface area (Å²) >= 11 is 2.45. The summed E-state index contributed by atoms with van der Waals surface area (Å²) < 4.78 is 13.6. The van der Waals surface area contributed by atoms with Crippen LogP contribution in [0, 0.1) is 0 Å². The van der Waals surface area contributed by atoms with Gasteiger partial charge in [-0.1, -0.05) is 56.2 Å². The Morgan fingerprint density at radius 2 is 1.41 bits per heavy atom. The van der Waals surface area contributed by atoms with Crippen molar-refractivity contribution < 1.29 is 8.85 Å². The maximum Gasteiger partial charge on any atom is 0.337 e. The van der Waals surface area contributed by atoms with Crippen molar-refractivity contribution in [1.29, 1.82) is 0 Å². The van der Waals surface area contributed by atoms with Gasteiger partial charge < -0.3 is 8.85 Å². The Kier molecular flexibility index (Phi) is 12.5. The second-order valence-corrected chi connectivity index (χ2v) is 9.15. The number of alkyl halides is 1. The molecular formula is C13H29IO2Si. The normalized spacial score (nSPS) is 12.0. The molecule has 0 aliphatic rings. The van der Waals surface area contributed by atoms with Gasteiger partial charge in [0, 0.05) is 13.2 Å². The molecule has 0 aliphatic carbocycles. The van der Waals surface area contributed by atoms with E-state index in [2.05, 4.69) is 43.4 Å². The number of unbranched alkanes of at least 4 members (excludes halogenated alkanes) is 2. The third-order valence-corrected chi connectivity index (χ3v) is 7.37. The second-order valence-electron chi connectivity index (χ2n) is 4.46. The highest BCUT2D eigenvalue weighted by atomic mass is 127. The summed E-state index contributed by atoms with van der Waals surface area (Å²) in [6.07, 6.45) is 5.97. The molecule has 0 fully saturated rings. The van der Waals surface area contributed by atoms with Gasteiger partial charge in [-0.05, 0) is 35.8 Å². The van der Waals surface area contributed by atoms with Crippen LogP contribution in [0.15, 0.2) is 0 Å². The summed E-state index contributed by atoms with van der Waals surface area (Å²) in [6.45, 7) is 8.44. The first-order chi connectivity index (χ1) is 8.24. The number of hydrogen-bond acceptors (Lipinski definition) is 2. The SMILES string of the molecule is CCCCO[Si](CC)(CCCI)OCCCC. The monoisotopic (exact) mass is 372 g/mol. The highest BCUT2D eigenvalue weighted by Gasteiger charge is 2.34. The Hall–Kier alpha value is 0.867. The topological polar surface area (TPSA) is 18.5 Å². The zero-order valence-corrected chi connectivity index (χ0v) is 14.9. The van der Waals surface area contributed by atoms with Crippen molar-refractivity contribution in [2.24, 2.45) is 0 Å². The molecule has 104 valence electrons. The van der Waals surface area contributed by atoms with Gasteiger partial charge in [0.25, 0.3) is 0 Å². The smallest absolute Gasteiger partial charge is 0.337 e. The second kappa shape index (κ2) is 11.9. The molecule has 0 aromatic rings. The third kappa shape index (κ3) is 8.56. The molecule has 0 unspecified atom stereocenters. The van der Waals surface area contributed by atoms with Crippen molar-refractivity contribution >= 4 is 31.2 Å². The number of hydrogen-bond donors (Lipinski definition) is 0. The van der Waals surface area contributed by atoms with Crippen molar-refractivity contribution in [1.82, 2.24) is 0 Å². The first kappa shape index (κ1) is 17.9. The molecule has 17 heavy (non-hydrogen) atoms. The van der Waals surface area contributed by atoms with Gasteiger partial charge in [-0.2, -0.15) is 0 Å². The molecule has 0 saturated heterocycles. The average molecular weight is 372 g/mol. The molecule has 4 heteroatoms. The van der Waals surface area contributed by atoms with Crippen molar-refractivity contribution in [2.75, 3.05) is 17.6 Å². The summed E-state index contributed by atoms with van der Waals surface area (Å²) in [5.74, 6) is 0. The lowest BCUT2D eigenvalue weighted by molar-refractivity contribution is 0.163. The summed E-state index contributed by atoms with van der Waals surface area (Å²) in [5.41, 5.74) is 0. The van der Waals surface area contributed by atoms with Crippen molar-refractivity contribution in [3.05, 3.63) is 0 Å². The van der Waals surface area contributed by atoms with Crippen LogP contribution in [-0.4, -0.2) is 26.2 Å². The molecule has 0 amide bonds. The van der Waals surface area contributed by atoms with E-state index in [4.69, 9.17) is 8.85 Å². The summed E-state index contributed by atoms with van der Waals surface area (Å²) in [5, 5.41) is 0. The maximum atomic E-state index is 6.18. The van der Waals surface area contributed by atoms with E-state index >= 15 is 0 Å². The van der Waals surface area contributed by atoms with Crippen LogP contribution in [0.2, 0.25) is 12.1 Å². The molecular weight excluding hydrogens is 343 g/mol. The average Bonchev–Trinajstić information content (AvgIpc) is 2.36. The first-order valence-corrected chi connectivity index (χ1v) is 10.8. The van der Waals surface area contributed by atoms with Crippen molar-refractivity contribution in [3.63, 3.8) is 0 Å². The van der Waals surface area contributed by atoms with Crippen LogP contribution in [0.25, 0.3) is 0 Å². The van der Waals surface area contributed by atoms with E-state index in [0.29, 0.717) is 0 Å². The fraction of sp³-hybridized carbons (Fsp3) is 1.00. The van der Waals surface area contributed by atoms with E-state index in [0.717, 1.165) is 32.1 Å². The highest BCUT2D eigenvalue weighted by Crippen LogP contribution is 2.22. The largest absolute Gasteiger partial charge is 0.394 e. The van der Waals surface area contributed by atoms with Crippen molar-refractivity contribution in [2.45, 2.75) is 65.0 Å². The summed E-state index contributed by atoms with van der Waals surface area (Å²) in [4.78, 5) is 0. The Morgan fingerprint density at radius 3 is 1.76 bits per heavy atom. The van der Waals surface area contributed by atoms with Crippen LogP contribution in [-0.2, 0) is 8.85 Å².